The summed E-state index contributed by atoms with van der Waals surface area (Å²) in [5.41, 5.74) is 0.603. The molecular formula is C12H13F3O4. The highest BCUT2D eigenvalue weighted by Gasteiger charge is 2.31. The molecule has 1 N–H and O–H groups in total. The standard InChI is InChI=1S/C12H13F3O4/c13-12(14,15)19-10-3-1-9(2-4-10)11-17-6-8(5-16)7-18-11/h1-4,8,11,16H,5-7H2. The van der Waals surface area contributed by atoms with E-state index in [1.807, 2.05) is 0 Å². The summed E-state index contributed by atoms with van der Waals surface area (Å²) in [6.07, 6.45) is -5.32. The molecule has 0 bridgehead atoms. The monoisotopic (exact) mass is 278 g/mol. The van der Waals surface area contributed by atoms with Gasteiger partial charge in [0.15, 0.2) is 6.29 Å². The van der Waals surface area contributed by atoms with Crippen molar-refractivity contribution in [3.05, 3.63) is 29.8 Å². The van der Waals surface area contributed by atoms with E-state index in [1.54, 1.807) is 0 Å². The van der Waals surface area contributed by atoms with Gasteiger partial charge in [-0.1, -0.05) is 12.1 Å². The maximum atomic E-state index is 12.0. The summed E-state index contributed by atoms with van der Waals surface area (Å²) in [5, 5.41) is 8.91. The van der Waals surface area contributed by atoms with Crippen LogP contribution < -0.4 is 4.74 Å². The molecule has 1 aliphatic heterocycles. The summed E-state index contributed by atoms with van der Waals surface area (Å²) < 4.78 is 50.4. The van der Waals surface area contributed by atoms with Crippen LogP contribution in [0.3, 0.4) is 0 Å². The summed E-state index contributed by atoms with van der Waals surface area (Å²) in [4.78, 5) is 0. The van der Waals surface area contributed by atoms with Crippen molar-refractivity contribution in [1.29, 1.82) is 0 Å². The first kappa shape index (κ1) is 14.1. The Bertz CT molecular complexity index is 396. The van der Waals surface area contributed by atoms with E-state index >= 15 is 0 Å². The molecule has 2 rings (SSSR count). The van der Waals surface area contributed by atoms with Crippen LogP contribution in [0.4, 0.5) is 13.2 Å². The van der Waals surface area contributed by atoms with Crippen LogP contribution in [0, 0.1) is 5.92 Å². The molecule has 1 fully saturated rings. The van der Waals surface area contributed by atoms with Gasteiger partial charge in [-0.3, -0.25) is 0 Å². The highest BCUT2D eigenvalue weighted by molar-refractivity contribution is 5.28. The number of aliphatic hydroxyl groups is 1. The second-order valence-electron chi connectivity index (χ2n) is 4.16. The van der Waals surface area contributed by atoms with Gasteiger partial charge in [0.2, 0.25) is 0 Å². The van der Waals surface area contributed by atoms with Gasteiger partial charge in [0, 0.05) is 11.5 Å². The van der Waals surface area contributed by atoms with Crippen molar-refractivity contribution in [2.75, 3.05) is 19.8 Å². The first-order valence-electron chi connectivity index (χ1n) is 5.67. The quantitative estimate of drug-likeness (QED) is 0.921. The van der Waals surface area contributed by atoms with E-state index in [-0.39, 0.29) is 18.3 Å². The second kappa shape index (κ2) is 5.77. The maximum Gasteiger partial charge on any atom is 0.573 e. The number of aliphatic hydroxyl groups excluding tert-OH is 1. The van der Waals surface area contributed by atoms with E-state index in [0.29, 0.717) is 18.8 Å². The number of hydrogen-bond donors (Lipinski definition) is 1. The minimum atomic E-state index is -4.70. The fraction of sp³-hybridized carbons (Fsp3) is 0.500. The van der Waals surface area contributed by atoms with Gasteiger partial charge in [0.25, 0.3) is 0 Å². The number of ether oxygens (including phenoxy) is 3. The molecule has 0 saturated carbocycles. The third-order valence-electron chi connectivity index (χ3n) is 2.61. The first-order chi connectivity index (χ1) is 8.98. The van der Waals surface area contributed by atoms with Crippen molar-refractivity contribution >= 4 is 0 Å². The van der Waals surface area contributed by atoms with E-state index < -0.39 is 12.7 Å². The molecule has 0 radical (unpaired) electrons. The molecular weight excluding hydrogens is 265 g/mol. The third kappa shape index (κ3) is 4.09. The predicted molar refractivity (Wildman–Crippen MR) is 58.3 cm³/mol. The Morgan fingerprint density at radius 1 is 1.16 bits per heavy atom. The summed E-state index contributed by atoms with van der Waals surface area (Å²) in [7, 11) is 0. The summed E-state index contributed by atoms with van der Waals surface area (Å²) >= 11 is 0. The number of alkyl halides is 3. The fourth-order valence-electron chi connectivity index (χ4n) is 1.67. The Hall–Kier alpha value is -1.31. The third-order valence-corrected chi connectivity index (χ3v) is 2.61. The first-order valence-corrected chi connectivity index (χ1v) is 5.67. The van der Waals surface area contributed by atoms with Crippen molar-refractivity contribution in [3.8, 4) is 5.75 Å². The van der Waals surface area contributed by atoms with Crippen molar-refractivity contribution < 1.29 is 32.5 Å². The lowest BCUT2D eigenvalue weighted by atomic mass is 10.1. The molecule has 0 aromatic heterocycles. The molecule has 1 aromatic rings. The Kier molecular flexibility index (Phi) is 4.28. The molecule has 106 valence electrons. The molecule has 0 aliphatic carbocycles. The molecule has 1 aliphatic rings. The molecule has 0 atom stereocenters. The van der Waals surface area contributed by atoms with Gasteiger partial charge >= 0.3 is 6.36 Å². The number of hydrogen-bond acceptors (Lipinski definition) is 4. The Balaban J connectivity index is 1.95. The summed E-state index contributed by atoms with van der Waals surface area (Å²) in [6, 6.07) is 5.30. The summed E-state index contributed by atoms with van der Waals surface area (Å²) in [5.74, 6) is -0.357. The zero-order valence-electron chi connectivity index (χ0n) is 9.89. The topological polar surface area (TPSA) is 47.9 Å². The molecule has 1 heterocycles. The van der Waals surface area contributed by atoms with Crippen LogP contribution in [0.1, 0.15) is 11.9 Å². The normalized spacial score (nSPS) is 24.2. The molecule has 1 saturated heterocycles. The summed E-state index contributed by atoms with van der Waals surface area (Å²) in [6.45, 7) is 0.676. The second-order valence-corrected chi connectivity index (χ2v) is 4.16. The van der Waals surface area contributed by atoms with Gasteiger partial charge in [0.05, 0.1) is 19.8 Å². The van der Waals surface area contributed by atoms with Gasteiger partial charge in [-0.2, -0.15) is 0 Å². The number of rotatable bonds is 3. The lowest BCUT2D eigenvalue weighted by molar-refractivity contribution is -0.274. The molecule has 0 unspecified atom stereocenters. The van der Waals surface area contributed by atoms with Gasteiger partial charge < -0.3 is 19.3 Å². The van der Waals surface area contributed by atoms with E-state index in [2.05, 4.69) is 4.74 Å². The van der Waals surface area contributed by atoms with Gasteiger partial charge in [-0.15, -0.1) is 13.2 Å². The smallest absolute Gasteiger partial charge is 0.406 e. The fourth-order valence-corrected chi connectivity index (χ4v) is 1.67. The van der Waals surface area contributed by atoms with Crippen LogP contribution in [0.15, 0.2) is 24.3 Å². The minimum Gasteiger partial charge on any atom is -0.406 e. The van der Waals surface area contributed by atoms with Crippen LogP contribution in [-0.4, -0.2) is 31.3 Å². The zero-order chi connectivity index (χ0) is 13.9. The lowest BCUT2D eigenvalue weighted by Crippen LogP contribution is -2.29. The highest BCUT2D eigenvalue weighted by Crippen LogP contribution is 2.28. The highest BCUT2D eigenvalue weighted by atomic mass is 19.4. The van der Waals surface area contributed by atoms with E-state index in [1.165, 1.54) is 24.3 Å². The van der Waals surface area contributed by atoms with Crippen molar-refractivity contribution in [2.24, 2.45) is 5.92 Å². The molecule has 4 nitrogen and oxygen atoms in total. The van der Waals surface area contributed by atoms with Crippen LogP contribution in [0.5, 0.6) is 5.75 Å². The molecule has 0 spiro atoms. The average molecular weight is 278 g/mol. The number of benzene rings is 1. The Morgan fingerprint density at radius 2 is 1.74 bits per heavy atom. The predicted octanol–water partition coefficient (Wildman–Crippen LogP) is 2.24. The molecule has 7 heteroatoms. The van der Waals surface area contributed by atoms with Crippen molar-refractivity contribution in [3.63, 3.8) is 0 Å². The van der Waals surface area contributed by atoms with Crippen LogP contribution in [0.2, 0.25) is 0 Å². The lowest BCUT2D eigenvalue weighted by Gasteiger charge is -2.28. The van der Waals surface area contributed by atoms with Gasteiger partial charge in [-0.25, -0.2) is 0 Å². The SMILES string of the molecule is OCC1COC(c2ccc(OC(F)(F)F)cc2)OC1. The Morgan fingerprint density at radius 3 is 2.21 bits per heavy atom. The van der Waals surface area contributed by atoms with E-state index in [9.17, 15) is 13.2 Å². The maximum absolute atomic E-state index is 12.0. The number of halogens is 3. The van der Waals surface area contributed by atoms with Crippen LogP contribution in [-0.2, 0) is 9.47 Å². The van der Waals surface area contributed by atoms with Crippen LogP contribution in [0.25, 0.3) is 0 Å². The Labute approximate surface area is 107 Å². The molecule has 1 aromatic carbocycles. The average Bonchev–Trinajstić information content (AvgIpc) is 2.38. The largest absolute Gasteiger partial charge is 0.573 e. The van der Waals surface area contributed by atoms with Gasteiger partial charge in [0.1, 0.15) is 5.75 Å². The van der Waals surface area contributed by atoms with Crippen molar-refractivity contribution in [1.82, 2.24) is 0 Å². The van der Waals surface area contributed by atoms with E-state index in [4.69, 9.17) is 14.6 Å². The van der Waals surface area contributed by atoms with Crippen molar-refractivity contribution in [2.45, 2.75) is 12.7 Å². The zero-order valence-corrected chi connectivity index (χ0v) is 9.89. The van der Waals surface area contributed by atoms with Crippen LogP contribution >= 0.6 is 0 Å². The molecule has 0 amide bonds. The minimum absolute atomic E-state index is 0.0227. The van der Waals surface area contributed by atoms with E-state index in [0.717, 1.165) is 0 Å². The molecule has 19 heavy (non-hydrogen) atoms. The van der Waals surface area contributed by atoms with Gasteiger partial charge in [-0.05, 0) is 12.1 Å².